The van der Waals surface area contributed by atoms with Crippen LogP contribution in [0.4, 0.5) is 11.4 Å². The van der Waals surface area contributed by atoms with Crippen molar-refractivity contribution >= 4 is 38.9 Å². The van der Waals surface area contributed by atoms with Gasteiger partial charge in [-0.25, -0.2) is 8.42 Å². The number of hydrogen-bond donors (Lipinski definition) is 0. The summed E-state index contributed by atoms with van der Waals surface area (Å²) in [5.74, 6) is 0.101. The Morgan fingerprint density at radius 2 is 1.55 bits per heavy atom. The minimum absolute atomic E-state index is 0.101. The first-order valence-corrected chi connectivity index (χ1v) is 11.7. The fourth-order valence-electron chi connectivity index (χ4n) is 3.89. The Labute approximate surface area is 176 Å². The zero-order valence-corrected chi connectivity index (χ0v) is 17.7. The van der Waals surface area contributed by atoms with Crippen LogP contribution in [0.3, 0.4) is 0 Å². The molecule has 0 aliphatic carbocycles. The molecule has 0 unspecified atom stereocenters. The van der Waals surface area contributed by atoms with Crippen molar-refractivity contribution in [3.05, 3.63) is 53.6 Å². The lowest BCUT2D eigenvalue weighted by Gasteiger charge is -2.35. The highest BCUT2D eigenvalue weighted by Gasteiger charge is 2.29. The third-order valence-corrected chi connectivity index (χ3v) is 7.67. The van der Waals surface area contributed by atoms with Crippen molar-refractivity contribution in [2.45, 2.75) is 24.2 Å². The van der Waals surface area contributed by atoms with E-state index >= 15 is 0 Å². The van der Waals surface area contributed by atoms with Crippen molar-refractivity contribution in [3.63, 3.8) is 0 Å². The monoisotopic (exact) mass is 433 g/mol. The van der Waals surface area contributed by atoms with Gasteiger partial charge in [0.25, 0.3) is 0 Å². The van der Waals surface area contributed by atoms with Crippen LogP contribution in [-0.4, -0.2) is 51.4 Å². The SMILES string of the molecule is O=C1CCCCN1c1ccc(S(=O)(=O)N2CCN(c3cccc(Cl)c3)CC2)cc1. The summed E-state index contributed by atoms with van der Waals surface area (Å²) in [6.07, 6.45) is 2.45. The molecule has 2 heterocycles. The second-order valence-electron chi connectivity index (χ2n) is 7.37. The molecule has 0 spiro atoms. The molecule has 2 saturated heterocycles. The van der Waals surface area contributed by atoms with Crippen LogP contribution >= 0.6 is 11.6 Å². The lowest BCUT2D eigenvalue weighted by molar-refractivity contribution is -0.119. The van der Waals surface area contributed by atoms with E-state index in [0.29, 0.717) is 44.2 Å². The quantitative estimate of drug-likeness (QED) is 0.741. The van der Waals surface area contributed by atoms with Gasteiger partial charge in [0.15, 0.2) is 0 Å². The third kappa shape index (κ3) is 4.27. The summed E-state index contributed by atoms with van der Waals surface area (Å²) in [6.45, 7) is 2.75. The normalized spacial score (nSPS) is 18.9. The van der Waals surface area contributed by atoms with Crippen LogP contribution in [0.1, 0.15) is 19.3 Å². The summed E-state index contributed by atoms with van der Waals surface area (Å²) in [5, 5.41) is 0.671. The van der Waals surface area contributed by atoms with Gasteiger partial charge >= 0.3 is 0 Å². The molecule has 2 fully saturated rings. The third-order valence-electron chi connectivity index (χ3n) is 5.52. The molecular weight excluding hydrogens is 410 g/mol. The van der Waals surface area contributed by atoms with Gasteiger partial charge in [0.1, 0.15) is 0 Å². The van der Waals surface area contributed by atoms with Crippen molar-refractivity contribution in [1.29, 1.82) is 0 Å². The van der Waals surface area contributed by atoms with E-state index in [9.17, 15) is 13.2 Å². The second kappa shape index (κ2) is 8.34. The Kier molecular flexibility index (Phi) is 5.81. The van der Waals surface area contributed by atoms with Crippen LogP contribution in [-0.2, 0) is 14.8 Å². The Bertz CT molecular complexity index is 986. The molecule has 0 saturated carbocycles. The first-order valence-electron chi connectivity index (χ1n) is 9.86. The van der Waals surface area contributed by atoms with E-state index in [-0.39, 0.29) is 10.8 Å². The zero-order valence-electron chi connectivity index (χ0n) is 16.1. The van der Waals surface area contributed by atoms with Gasteiger partial charge in [-0.3, -0.25) is 4.79 Å². The minimum atomic E-state index is -3.56. The maximum Gasteiger partial charge on any atom is 0.243 e. The zero-order chi connectivity index (χ0) is 20.4. The summed E-state index contributed by atoms with van der Waals surface area (Å²) in [5.41, 5.74) is 1.77. The number of carbonyl (C=O) groups excluding carboxylic acids is 1. The Morgan fingerprint density at radius 1 is 0.828 bits per heavy atom. The molecule has 0 aromatic heterocycles. The van der Waals surface area contributed by atoms with E-state index in [0.717, 1.165) is 24.2 Å². The molecule has 154 valence electrons. The predicted octanol–water partition coefficient (Wildman–Crippen LogP) is 3.37. The van der Waals surface area contributed by atoms with Crippen LogP contribution in [0, 0.1) is 0 Å². The lowest BCUT2D eigenvalue weighted by atomic mass is 10.1. The van der Waals surface area contributed by atoms with Crippen LogP contribution in [0.5, 0.6) is 0 Å². The summed E-state index contributed by atoms with van der Waals surface area (Å²) in [4.78, 5) is 16.2. The largest absolute Gasteiger partial charge is 0.369 e. The van der Waals surface area contributed by atoms with Crippen molar-refractivity contribution in [1.82, 2.24) is 4.31 Å². The van der Waals surface area contributed by atoms with E-state index < -0.39 is 10.0 Å². The van der Waals surface area contributed by atoms with E-state index in [2.05, 4.69) is 4.90 Å². The molecule has 29 heavy (non-hydrogen) atoms. The highest BCUT2D eigenvalue weighted by Crippen LogP contribution is 2.26. The average molecular weight is 434 g/mol. The topological polar surface area (TPSA) is 60.9 Å². The standard InChI is InChI=1S/C21H24ClN3O3S/c22-17-4-3-5-19(16-17)23-12-14-24(15-13-23)29(27,28)20-9-7-18(8-10-20)25-11-2-1-6-21(25)26/h3-5,7-10,16H,1-2,6,11-15H2. The number of piperidine rings is 1. The number of sulfonamides is 1. The molecule has 4 rings (SSSR count). The molecule has 0 bridgehead atoms. The fraction of sp³-hybridized carbons (Fsp3) is 0.381. The molecule has 2 aliphatic heterocycles. The summed E-state index contributed by atoms with van der Waals surface area (Å²) in [6, 6.07) is 14.3. The van der Waals surface area contributed by atoms with Crippen molar-refractivity contribution in [2.75, 3.05) is 42.5 Å². The molecule has 2 aromatic rings. The Balaban J connectivity index is 1.44. The molecule has 0 N–H and O–H groups in total. The van der Waals surface area contributed by atoms with Crippen LogP contribution in [0.25, 0.3) is 0 Å². The molecule has 0 radical (unpaired) electrons. The number of carbonyl (C=O) groups is 1. The van der Waals surface area contributed by atoms with Crippen molar-refractivity contribution < 1.29 is 13.2 Å². The molecule has 6 nitrogen and oxygen atoms in total. The highest BCUT2D eigenvalue weighted by molar-refractivity contribution is 7.89. The van der Waals surface area contributed by atoms with Crippen molar-refractivity contribution in [2.24, 2.45) is 0 Å². The average Bonchev–Trinajstić information content (AvgIpc) is 2.74. The predicted molar refractivity (Wildman–Crippen MR) is 115 cm³/mol. The van der Waals surface area contributed by atoms with Crippen molar-refractivity contribution in [3.8, 4) is 0 Å². The van der Waals surface area contributed by atoms with Gasteiger partial charge in [-0.15, -0.1) is 0 Å². The fourth-order valence-corrected chi connectivity index (χ4v) is 5.49. The van der Waals surface area contributed by atoms with E-state index in [1.54, 1.807) is 29.2 Å². The molecule has 2 aromatic carbocycles. The lowest BCUT2D eigenvalue weighted by Crippen LogP contribution is -2.48. The highest BCUT2D eigenvalue weighted by atomic mass is 35.5. The number of anilines is 2. The van der Waals surface area contributed by atoms with E-state index in [1.165, 1.54) is 4.31 Å². The van der Waals surface area contributed by atoms with Gasteiger partial charge in [0, 0.05) is 55.5 Å². The number of benzene rings is 2. The van der Waals surface area contributed by atoms with E-state index in [4.69, 9.17) is 11.6 Å². The summed E-state index contributed by atoms with van der Waals surface area (Å²) < 4.78 is 27.6. The number of halogens is 1. The maximum absolute atomic E-state index is 13.0. The minimum Gasteiger partial charge on any atom is -0.369 e. The molecule has 8 heteroatoms. The van der Waals surface area contributed by atoms with Gasteiger partial charge in [0.2, 0.25) is 15.9 Å². The van der Waals surface area contributed by atoms with Crippen LogP contribution in [0.15, 0.2) is 53.4 Å². The maximum atomic E-state index is 13.0. The summed E-state index contributed by atoms with van der Waals surface area (Å²) >= 11 is 6.07. The second-order valence-corrected chi connectivity index (χ2v) is 9.74. The van der Waals surface area contributed by atoms with Gasteiger partial charge in [0.05, 0.1) is 4.90 Å². The molecule has 2 aliphatic rings. The van der Waals surface area contributed by atoms with E-state index in [1.807, 2.05) is 24.3 Å². The first kappa shape index (κ1) is 20.2. The molecular formula is C21H24ClN3O3S. The van der Waals surface area contributed by atoms with Gasteiger partial charge in [-0.1, -0.05) is 17.7 Å². The van der Waals surface area contributed by atoms with Gasteiger partial charge in [-0.2, -0.15) is 4.31 Å². The smallest absolute Gasteiger partial charge is 0.243 e. The number of hydrogen-bond acceptors (Lipinski definition) is 4. The number of amides is 1. The number of piperazine rings is 1. The number of rotatable bonds is 4. The van der Waals surface area contributed by atoms with Gasteiger partial charge in [-0.05, 0) is 55.3 Å². The summed E-state index contributed by atoms with van der Waals surface area (Å²) in [7, 11) is -3.56. The first-order chi connectivity index (χ1) is 13.9. The van der Waals surface area contributed by atoms with Crippen LogP contribution in [0.2, 0.25) is 5.02 Å². The number of nitrogens with zero attached hydrogens (tertiary/aromatic N) is 3. The van der Waals surface area contributed by atoms with Gasteiger partial charge < -0.3 is 9.80 Å². The Hall–Kier alpha value is -2.09. The molecule has 0 atom stereocenters. The van der Waals surface area contributed by atoms with Crippen LogP contribution < -0.4 is 9.80 Å². The Morgan fingerprint density at radius 3 is 2.21 bits per heavy atom. The molecule has 1 amide bonds.